The summed E-state index contributed by atoms with van der Waals surface area (Å²) in [7, 11) is 0. The van der Waals surface area contributed by atoms with Gasteiger partial charge in [-0.25, -0.2) is 4.79 Å². The van der Waals surface area contributed by atoms with E-state index in [-0.39, 0.29) is 17.1 Å². The molecule has 0 atom stereocenters. The maximum Gasteiger partial charge on any atom is 0.336 e. The van der Waals surface area contributed by atoms with Crippen LogP contribution in [0.4, 0.5) is 0 Å². The molecule has 4 nitrogen and oxygen atoms in total. The zero-order valence-corrected chi connectivity index (χ0v) is 11.6. The molecule has 2 aromatic carbocycles. The summed E-state index contributed by atoms with van der Waals surface area (Å²) < 4.78 is 5.24. The average molecular weight is 283 g/mol. The van der Waals surface area contributed by atoms with E-state index < -0.39 is 5.97 Å². The maximum absolute atomic E-state index is 11.6. The first-order valence-electron chi connectivity index (χ1n) is 6.56. The summed E-state index contributed by atoms with van der Waals surface area (Å²) in [6.45, 7) is 2.17. The number of hydrogen-bond donors (Lipinski definition) is 1. The van der Waals surface area contributed by atoms with Gasteiger partial charge in [-0.05, 0) is 30.2 Å². The van der Waals surface area contributed by atoms with Crippen LogP contribution >= 0.6 is 0 Å². The van der Waals surface area contributed by atoms with Crippen molar-refractivity contribution in [3.63, 3.8) is 0 Å². The molecule has 0 heterocycles. The van der Waals surface area contributed by atoms with Gasteiger partial charge in [0.05, 0.1) is 12.2 Å². The number of carboxylic acids is 1. The lowest BCUT2D eigenvalue weighted by Gasteiger charge is -2.14. The molecule has 1 N–H and O–H groups in total. The first kappa shape index (κ1) is 14.7. The Bertz CT molecular complexity index is 660. The molecule has 0 bridgehead atoms. The second-order valence-electron chi connectivity index (χ2n) is 4.37. The molecule has 0 aromatic heterocycles. The van der Waals surface area contributed by atoms with Crippen LogP contribution in [0.2, 0.25) is 0 Å². The molecule has 4 heteroatoms. The summed E-state index contributed by atoms with van der Waals surface area (Å²) in [6, 6.07) is 13.3. The van der Waals surface area contributed by atoms with E-state index in [4.69, 9.17) is 4.74 Å². The summed E-state index contributed by atoms with van der Waals surface area (Å²) in [5, 5.41) is 20.9. The Kier molecular flexibility index (Phi) is 4.61. The third-order valence-electron chi connectivity index (χ3n) is 2.89. The molecule has 0 spiro atoms. The zero-order chi connectivity index (χ0) is 15.2. The fourth-order valence-corrected chi connectivity index (χ4v) is 1.94. The highest BCUT2D eigenvalue weighted by Gasteiger charge is 2.10. The van der Waals surface area contributed by atoms with E-state index in [1.807, 2.05) is 6.07 Å². The molecule has 21 heavy (non-hydrogen) atoms. The van der Waals surface area contributed by atoms with Crippen LogP contribution in [0, 0.1) is 0 Å². The number of aliphatic carboxylic acids is 1. The van der Waals surface area contributed by atoms with Crippen molar-refractivity contribution in [3.8, 4) is 11.5 Å². The molecule has 0 saturated heterocycles. The van der Waals surface area contributed by atoms with E-state index in [1.165, 1.54) is 12.1 Å². The monoisotopic (exact) mass is 283 g/mol. The summed E-state index contributed by atoms with van der Waals surface area (Å²) in [5.74, 6) is -1.01. The van der Waals surface area contributed by atoms with Gasteiger partial charge in [0.15, 0.2) is 0 Å². The van der Waals surface area contributed by atoms with Crippen LogP contribution < -0.4 is 9.84 Å². The molecular formula is C17H15O4-. The molecule has 2 aromatic rings. The van der Waals surface area contributed by atoms with Crippen LogP contribution in [0.25, 0.3) is 11.6 Å². The molecule has 0 aliphatic heterocycles. The summed E-state index contributed by atoms with van der Waals surface area (Å²) in [6.07, 6.45) is 1.53. The smallest absolute Gasteiger partial charge is 0.336 e. The van der Waals surface area contributed by atoms with Crippen molar-refractivity contribution in [1.29, 1.82) is 0 Å². The third-order valence-corrected chi connectivity index (χ3v) is 2.89. The molecule has 0 radical (unpaired) electrons. The lowest BCUT2D eigenvalue weighted by Crippen LogP contribution is -2.01. The second kappa shape index (κ2) is 6.61. The minimum atomic E-state index is -1.02. The Hall–Kier alpha value is -2.75. The lowest BCUT2D eigenvalue weighted by atomic mass is 10.0. The molecule has 0 fully saturated rings. The largest absolute Gasteiger partial charge is 0.870 e. The van der Waals surface area contributed by atoms with Crippen molar-refractivity contribution >= 4 is 17.6 Å². The highest BCUT2D eigenvalue weighted by molar-refractivity contribution is 6.20. The summed E-state index contributed by atoms with van der Waals surface area (Å²) in [5.41, 5.74) is 1.38. The molecule has 0 unspecified atom stereocenters. The molecule has 108 valence electrons. The van der Waals surface area contributed by atoms with Gasteiger partial charge < -0.3 is 14.9 Å². The number of ether oxygens (including phenoxy) is 1. The van der Waals surface area contributed by atoms with Gasteiger partial charge in [0, 0.05) is 0 Å². The Morgan fingerprint density at radius 2 is 1.95 bits per heavy atom. The molecule has 0 saturated carbocycles. The van der Waals surface area contributed by atoms with Gasteiger partial charge >= 0.3 is 5.97 Å². The topological polar surface area (TPSA) is 69.6 Å². The molecule has 0 aliphatic rings. The Labute approximate surface area is 122 Å². The highest BCUT2D eigenvalue weighted by Crippen LogP contribution is 2.27. The maximum atomic E-state index is 11.6. The fraction of sp³-hybridized carbons (Fsp3) is 0.118. The normalized spacial score (nSPS) is 11.2. The second-order valence-corrected chi connectivity index (χ2v) is 4.37. The number of carboxylic acid groups (broad SMARTS) is 1. The number of carbonyl (C=O) groups is 1. The van der Waals surface area contributed by atoms with Gasteiger partial charge in [-0.15, -0.1) is 0 Å². The summed E-state index contributed by atoms with van der Waals surface area (Å²) in [4.78, 5) is 11.4. The Morgan fingerprint density at radius 1 is 1.24 bits per heavy atom. The van der Waals surface area contributed by atoms with E-state index in [1.54, 1.807) is 43.3 Å². The van der Waals surface area contributed by atoms with Gasteiger partial charge in [0.2, 0.25) is 0 Å². The third kappa shape index (κ3) is 3.63. The van der Waals surface area contributed by atoms with E-state index in [0.29, 0.717) is 17.7 Å². The van der Waals surface area contributed by atoms with E-state index >= 15 is 0 Å². The van der Waals surface area contributed by atoms with Crippen LogP contribution in [0.1, 0.15) is 18.1 Å². The molecule has 0 amide bonds. The van der Waals surface area contributed by atoms with Crippen molar-refractivity contribution in [2.75, 3.05) is 6.61 Å². The van der Waals surface area contributed by atoms with E-state index in [9.17, 15) is 15.0 Å². The SMILES string of the molecule is CCOc1cc(C=C(C(=O)O)c2ccccc2)ccc1[O-]. The van der Waals surface area contributed by atoms with Gasteiger partial charge in [-0.1, -0.05) is 48.2 Å². The standard InChI is InChI=1S/C17H16O4/c1-2-21-16-11-12(8-9-15(16)18)10-14(17(19)20)13-6-4-3-5-7-13/h3-11,18H,2H2,1H3,(H,19,20)/p-1. The first-order chi connectivity index (χ1) is 10.1. The van der Waals surface area contributed by atoms with E-state index in [0.717, 1.165) is 0 Å². The summed E-state index contributed by atoms with van der Waals surface area (Å²) >= 11 is 0. The van der Waals surface area contributed by atoms with Gasteiger partial charge in [-0.2, -0.15) is 0 Å². The van der Waals surface area contributed by atoms with Crippen molar-refractivity contribution in [2.45, 2.75) is 6.92 Å². The molecule has 0 aliphatic carbocycles. The van der Waals surface area contributed by atoms with Crippen LogP contribution in [0.15, 0.2) is 48.5 Å². The number of rotatable bonds is 5. The number of hydrogen-bond acceptors (Lipinski definition) is 3. The van der Waals surface area contributed by atoms with Crippen molar-refractivity contribution in [1.82, 2.24) is 0 Å². The number of benzene rings is 2. The Morgan fingerprint density at radius 3 is 2.57 bits per heavy atom. The fourth-order valence-electron chi connectivity index (χ4n) is 1.94. The van der Waals surface area contributed by atoms with Gasteiger partial charge in [0.25, 0.3) is 0 Å². The quantitative estimate of drug-likeness (QED) is 0.676. The van der Waals surface area contributed by atoms with Crippen LogP contribution in [-0.4, -0.2) is 17.7 Å². The minimum Gasteiger partial charge on any atom is -0.870 e. The van der Waals surface area contributed by atoms with Crippen molar-refractivity contribution in [2.24, 2.45) is 0 Å². The van der Waals surface area contributed by atoms with Crippen LogP contribution in [0.5, 0.6) is 11.5 Å². The minimum absolute atomic E-state index is 0.164. The van der Waals surface area contributed by atoms with Crippen molar-refractivity contribution in [3.05, 3.63) is 59.7 Å². The lowest BCUT2D eigenvalue weighted by molar-refractivity contribution is -0.270. The predicted molar refractivity (Wildman–Crippen MR) is 79.0 cm³/mol. The van der Waals surface area contributed by atoms with Crippen molar-refractivity contribution < 1.29 is 19.7 Å². The average Bonchev–Trinajstić information content (AvgIpc) is 2.48. The highest BCUT2D eigenvalue weighted by atomic mass is 16.5. The van der Waals surface area contributed by atoms with Gasteiger partial charge in [-0.3, -0.25) is 0 Å². The van der Waals surface area contributed by atoms with Crippen LogP contribution in [-0.2, 0) is 4.79 Å². The molecule has 2 rings (SSSR count). The first-order valence-corrected chi connectivity index (χ1v) is 6.56. The molecular weight excluding hydrogens is 268 g/mol. The predicted octanol–water partition coefficient (Wildman–Crippen LogP) is 2.78. The van der Waals surface area contributed by atoms with Gasteiger partial charge in [0.1, 0.15) is 5.75 Å². The van der Waals surface area contributed by atoms with Crippen LogP contribution in [0.3, 0.4) is 0 Å². The zero-order valence-electron chi connectivity index (χ0n) is 11.6. The van der Waals surface area contributed by atoms with E-state index in [2.05, 4.69) is 0 Å². The Balaban J connectivity index is 2.44.